The van der Waals surface area contributed by atoms with Gasteiger partial charge in [-0.15, -0.1) is 11.3 Å². The van der Waals surface area contributed by atoms with Crippen LogP contribution in [0.1, 0.15) is 56.7 Å². The van der Waals surface area contributed by atoms with Gasteiger partial charge in [0.05, 0.1) is 17.2 Å². The first-order valence-corrected chi connectivity index (χ1v) is 10.3. The summed E-state index contributed by atoms with van der Waals surface area (Å²) in [6.07, 6.45) is 5.98. The van der Waals surface area contributed by atoms with E-state index in [1.165, 1.54) is 6.42 Å². The predicted molar refractivity (Wildman–Crippen MR) is 104 cm³/mol. The highest BCUT2D eigenvalue weighted by Gasteiger charge is 2.15. The van der Waals surface area contributed by atoms with Crippen LogP contribution in [0.25, 0.3) is 0 Å². The molecule has 25 heavy (non-hydrogen) atoms. The predicted octanol–water partition coefficient (Wildman–Crippen LogP) is 2.55. The number of amides is 1. The average Bonchev–Trinajstić information content (AvgIpc) is 2.99. The maximum atomic E-state index is 12.0. The highest BCUT2D eigenvalue weighted by Crippen LogP contribution is 2.12. The molecule has 2 rings (SSSR count). The number of carbonyl (C=O) groups is 1. The van der Waals surface area contributed by atoms with Crippen molar-refractivity contribution in [2.45, 2.75) is 58.9 Å². The number of hydrogen-bond donors (Lipinski definition) is 2. The minimum absolute atomic E-state index is 0.313. The van der Waals surface area contributed by atoms with Crippen LogP contribution >= 0.6 is 11.3 Å². The fourth-order valence-electron chi connectivity index (χ4n) is 2.84. The molecular weight excluding hydrogens is 334 g/mol. The SMILES string of the molecule is CCNC(=NCc1csc(CC)n1)NCCCN1CCCCCC1=O. The Labute approximate surface area is 155 Å². The minimum atomic E-state index is 0.313. The third-order valence-electron chi connectivity index (χ3n) is 4.21. The molecule has 0 bridgehead atoms. The van der Waals surface area contributed by atoms with E-state index in [9.17, 15) is 4.79 Å². The van der Waals surface area contributed by atoms with Crippen LogP contribution in [0.4, 0.5) is 0 Å². The van der Waals surface area contributed by atoms with Crippen molar-refractivity contribution < 1.29 is 4.79 Å². The van der Waals surface area contributed by atoms with Gasteiger partial charge in [-0.25, -0.2) is 9.98 Å². The Morgan fingerprint density at radius 3 is 2.96 bits per heavy atom. The summed E-state index contributed by atoms with van der Waals surface area (Å²) in [4.78, 5) is 23.2. The van der Waals surface area contributed by atoms with Gasteiger partial charge in [0.25, 0.3) is 0 Å². The Balaban J connectivity index is 1.74. The quantitative estimate of drug-likeness (QED) is 0.422. The van der Waals surface area contributed by atoms with E-state index in [4.69, 9.17) is 0 Å². The van der Waals surface area contributed by atoms with Crippen molar-refractivity contribution >= 4 is 23.2 Å². The van der Waals surface area contributed by atoms with Gasteiger partial charge in [-0.2, -0.15) is 0 Å². The van der Waals surface area contributed by atoms with Gasteiger partial charge in [0, 0.05) is 38.0 Å². The van der Waals surface area contributed by atoms with Gasteiger partial charge in [0.2, 0.25) is 5.91 Å². The van der Waals surface area contributed by atoms with E-state index in [1.807, 2.05) is 4.90 Å². The lowest BCUT2D eigenvalue weighted by molar-refractivity contribution is -0.130. The van der Waals surface area contributed by atoms with Crippen molar-refractivity contribution in [2.75, 3.05) is 26.2 Å². The molecule has 0 atom stereocenters. The van der Waals surface area contributed by atoms with E-state index >= 15 is 0 Å². The molecule has 0 unspecified atom stereocenters. The molecule has 2 N–H and O–H groups in total. The summed E-state index contributed by atoms with van der Waals surface area (Å²) in [7, 11) is 0. The molecule has 0 aliphatic carbocycles. The Morgan fingerprint density at radius 2 is 2.20 bits per heavy atom. The zero-order valence-corrected chi connectivity index (χ0v) is 16.3. The van der Waals surface area contributed by atoms with Crippen LogP contribution in [-0.4, -0.2) is 47.9 Å². The van der Waals surface area contributed by atoms with Crippen molar-refractivity contribution in [3.63, 3.8) is 0 Å². The number of aliphatic imine (C=N–C) groups is 1. The van der Waals surface area contributed by atoms with Crippen LogP contribution in [0.3, 0.4) is 0 Å². The van der Waals surface area contributed by atoms with Gasteiger partial charge < -0.3 is 15.5 Å². The molecule has 1 aromatic rings. The van der Waals surface area contributed by atoms with E-state index in [-0.39, 0.29) is 0 Å². The molecule has 1 saturated heterocycles. The molecule has 1 aromatic heterocycles. The minimum Gasteiger partial charge on any atom is -0.357 e. The third kappa shape index (κ3) is 7.02. The number of guanidine groups is 1. The Morgan fingerprint density at radius 1 is 1.32 bits per heavy atom. The van der Waals surface area contributed by atoms with Crippen LogP contribution in [0.2, 0.25) is 0 Å². The topological polar surface area (TPSA) is 69.6 Å². The standard InChI is InChI=1S/C18H31N5OS/c1-3-16-22-15(14-25-16)13-21-18(19-4-2)20-10-8-12-23-11-7-5-6-9-17(23)24/h14H,3-13H2,1-2H3,(H2,19,20,21). The maximum absolute atomic E-state index is 12.0. The first-order valence-electron chi connectivity index (χ1n) is 9.46. The zero-order chi connectivity index (χ0) is 17.9. The van der Waals surface area contributed by atoms with E-state index in [0.717, 1.165) is 68.5 Å². The summed E-state index contributed by atoms with van der Waals surface area (Å²) in [5.74, 6) is 1.13. The Bertz CT molecular complexity index is 557. The number of aryl methyl sites for hydroxylation is 1. The normalized spacial score (nSPS) is 16.0. The summed E-state index contributed by atoms with van der Waals surface area (Å²) < 4.78 is 0. The van der Waals surface area contributed by atoms with Gasteiger partial charge in [0.15, 0.2) is 5.96 Å². The highest BCUT2D eigenvalue weighted by molar-refractivity contribution is 7.09. The fraction of sp³-hybridized carbons (Fsp3) is 0.722. The van der Waals surface area contributed by atoms with Crippen LogP contribution in [0.5, 0.6) is 0 Å². The second-order valence-corrected chi connectivity index (χ2v) is 7.20. The van der Waals surface area contributed by atoms with Crippen molar-refractivity contribution in [3.8, 4) is 0 Å². The fourth-order valence-corrected chi connectivity index (χ4v) is 3.57. The number of aromatic nitrogens is 1. The Kier molecular flexibility index (Phi) is 8.72. The van der Waals surface area contributed by atoms with E-state index in [2.05, 4.69) is 39.8 Å². The zero-order valence-electron chi connectivity index (χ0n) is 15.5. The number of carbonyl (C=O) groups excluding carboxylic acids is 1. The lowest BCUT2D eigenvalue weighted by atomic mass is 10.2. The van der Waals surface area contributed by atoms with Crippen LogP contribution in [0, 0.1) is 0 Å². The molecule has 2 heterocycles. The molecular formula is C18H31N5OS. The van der Waals surface area contributed by atoms with E-state index < -0.39 is 0 Å². The van der Waals surface area contributed by atoms with Crippen molar-refractivity contribution in [2.24, 2.45) is 4.99 Å². The maximum Gasteiger partial charge on any atom is 0.222 e. The van der Waals surface area contributed by atoms with Gasteiger partial charge in [-0.1, -0.05) is 13.3 Å². The van der Waals surface area contributed by atoms with Gasteiger partial charge >= 0.3 is 0 Å². The molecule has 1 amide bonds. The summed E-state index contributed by atoms with van der Waals surface area (Å²) in [6, 6.07) is 0. The first kappa shape index (κ1) is 19.7. The number of hydrogen-bond acceptors (Lipinski definition) is 4. The largest absolute Gasteiger partial charge is 0.357 e. The van der Waals surface area contributed by atoms with Crippen molar-refractivity contribution in [1.29, 1.82) is 0 Å². The summed E-state index contributed by atoms with van der Waals surface area (Å²) >= 11 is 1.70. The summed E-state index contributed by atoms with van der Waals surface area (Å²) in [5.41, 5.74) is 1.02. The number of nitrogens with zero attached hydrogens (tertiary/aromatic N) is 3. The van der Waals surface area contributed by atoms with Crippen LogP contribution < -0.4 is 10.6 Å². The van der Waals surface area contributed by atoms with Crippen LogP contribution in [0.15, 0.2) is 10.4 Å². The molecule has 7 heteroatoms. The van der Waals surface area contributed by atoms with Gasteiger partial charge in [0.1, 0.15) is 0 Å². The lowest BCUT2D eigenvalue weighted by Crippen LogP contribution is -2.39. The Hall–Kier alpha value is -1.63. The monoisotopic (exact) mass is 365 g/mol. The molecule has 0 spiro atoms. The second-order valence-electron chi connectivity index (χ2n) is 6.25. The smallest absolute Gasteiger partial charge is 0.222 e. The van der Waals surface area contributed by atoms with E-state index in [0.29, 0.717) is 18.9 Å². The molecule has 140 valence electrons. The summed E-state index contributed by atoms with van der Waals surface area (Å²) in [6.45, 7) is 8.16. The van der Waals surface area contributed by atoms with E-state index in [1.54, 1.807) is 11.3 Å². The number of rotatable bonds is 8. The van der Waals surface area contributed by atoms with Crippen molar-refractivity contribution in [1.82, 2.24) is 20.5 Å². The summed E-state index contributed by atoms with van der Waals surface area (Å²) in [5, 5.41) is 9.86. The molecule has 0 aromatic carbocycles. The number of nitrogens with one attached hydrogen (secondary N) is 2. The number of likely N-dealkylation sites (tertiary alicyclic amines) is 1. The molecule has 1 fully saturated rings. The molecule has 1 aliphatic rings. The average molecular weight is 366 g/mol. The van der Waals surface area contributed by atoms with Gasteiger partial charge in [-0.3, -0.25) is 4.79 Å². The second kappa shape index (κ2) is 11.1. The third-order valence-corrected chi connectivity index (χ3v) is 5.26. The molecule has 0 radical (unpaired) electrons. The lowest BCUT2D eigenvalue weighted by Gasteiger charge is -2.20. The molecule has 6 nitrogen and oxygen atoms in total. The van der Waals surface area contributed by atoms with Crippen LogP contribution in [-0.2, 0) is 17.8 Å². The first-order chi connectivity index (χ1) is 12.2. The molecule has 1 aliphatic heterocycles. The van der Waals surface area contributed by atoms with Gasteiger partial charge in [-0.05, 0) is 32.6 Å². The van der Waals surface area contributed by atoms with Crippen molar-refractivity contribution in [3.05, 3.63) is 16.1 Å². The molecule has 0 saturated carbocycles. The number of thiazole rings is 1. The highest BCUT2D eigenvalue weighted by atomic mass is 32.1.